The number of amides is 2. The number of benzene rings is 1. The van der Waals surface area contributed by atoms with Gasteiger partial charge in [0.2, 0.25) is 5.91 Å². The minimum Gasteiger partial charge on any atom is -0.459 e. The molecule has 2 atom stereocenters. The standard InChI is InChI=1S/C23H30N4O3/c1-26(2)18-10-8-16(9-11-18)24-22(28)15-27-19-5-3-6-20(27)14-17(13-19)25-23(29)21-7-4-12-30-21/h4,7-12,17,19-20H,3,5-6,13-15H2,1-2H3,(H,24,28)(H,25,29)/t19-,20-/m0/s1. The van der Waals surface area contributed by atoms with Crippen LogP contribution in [0, 0.1) is 0 Å². The predicted octanol–water partition coefficient (Wildman–Crippen LogP) is 3.10. The number of carbonyl (C=O) groups excluding carboxylic acids is 2. The van der Waals surface area contributed by atoms with Gasteiger partial charge in [-0.25, -0.2) is 0 Å². The average molecular weight is 411 g/mol. The molecule has 2 saturated heterocycles. The number of fused-ring (bicyclic) bond motifs is 2. The summed E-state index contributed by atoms with van der Waals surface area (Å²) >= 11 is 0. The third-order valence-corrected chi connectivity index (χ3v) is 6.20. The van der Waals surface area contributed by atoms with E-state index in [2.05, 4.69) is 15.5 Å². The lowest BCUT2D eigenvalue weighted by Gasteiger charge is -2.48. The molecule has 2 aliphatic rings. The van der Waals surface area contributed by atoms with E-state index in [9.17, 15) is 9.59 Å². The van der Waals surface area contributed by atoms with Crippen molar-refractivity contribution in [2.45, 2.75) is 50.2 Å². The smallest absolute Gasteiger partial charge is 0.287 e. The fraction of sp³-hybridized carbons (Fsp3) is 0.478. The van der Waals surface area contributed by atoms with Gasteiger partial charge in [0.05, 0.1) is 12.8 Å². The van der Waals surface area contributed by atoms with Crippen LogP contribution in [0.1, 0.15) is 42.7 Å². The van der Waals surface area contributed by atoms with Crippen molar-refractivity contribution in [1.29, 1.82) is 0 Å². The number of furan rings is 1. The lowest BCUT2D eigenvalue weighted by atomic mass is 9.81. The highest BCUT2D eigenvalue weighted by Gasteiger charge is 2.39. The highest BCUT2D eigenvalue weighted by atomic mass is 16.3. The van der Waals surface area contributed by atoms with Gasteiger partial charge in [-0.2, -0.15) is 0 Å². The molecule has 2 bridgehead atoms. The van der Waals surface area contributed by atoms with Gasteiger partial charge in [-0.3, -0.25) is 14.5 Å². The first-order valence-electron chi connectivity index (χ1n) is 10.7. The Morgan fingerprint density at radius 2 is 1.80 bits per heavy atom. The molecule has 0 unspecified atom stereocenters. The Labute approximate surface area is 177 Å². The van der Waals surface area contributed by atoms with Crippen molar-refractivity contribution in [2.75, 3.05) is 30.9 Å². The summed E-state index contributed by atoms with van der Waals surface area (Å²) in [6, 6.07) is 12.0. The van der Waals surface area contributed by atoms with E-state index in [0.717, 1.165) is 37.1 Å². The fourth-order valence-electron chi connectivity index (χ4n) is 4.73. The minimum absolute atomic E-state index is 0.0163. The van der Waals surface area contributed by atoms with Crippen LogP contribution < -0.4 is 15.5 Å². The van der Waals surface area contributed by atoms with E-state index < -0.39 is 0 Å². The van der Waals surface area contributed by atoms with Crippen LogP contribution in [0.15, 0.2) is 47.1 Å². The number of carbonyl (C=O) groups is 2. The lowest BCUT2D eigenvalue weighted by molar-refractivity contribution is -0.120. The van der Waals surface area contributed by atoms with E-state index in [4.69, 9.17) is 4.42 Å². The molecule has 2 fully saturated rings. The Morgan fingerprint density at radius 1 is 1.10 bits per heavy atom. The van der Waals surface area contributed by atoms with Gasteiger partial charge in [0.15, 0.2) is 5.76 Å². The van der Waals surface area contributed by atoms with Crippen LogP contribution >= 0.6 is 0 Å². The molecule has 7 heteroatoms. The van der Waals surface area contributed by atoms with Gasteiger partial charge in [0.1, 0.15) is 0 Å². The molecule has 30 heavy (non-hydrogen) atoms. The first kappa shape index (κ1) is 20.5. The van der Waals surface area contributed by atoms with E-state index in [1.165, 1.54) is 12.7 Å². The molecular formula is C23H30N4O3. The van der Waals surface area contributed by atoms with E-state index in [-0.39, 0.29) is 17.9 Å². The van der Waals surface area contributed by atoms with E-state index >= 15 is 0 Å². The topological polar surface area (TPSA) is 77.8 Å². The summed E-state index contributed by atoms with van der Waals surface area (Å²) in [5.41, 5.74) is 1.91. The van der Waals surface area contributed by atoms with Crippen LogP contribution in [-0.2, 0) is 4.79 Å². The first-order valence-corrected chi connectivity index (χ1v) is 10.7. The second kappa shape index (κ2) is 8.92. The molecule has 0 radical (unpaired) electrons. The normalized spacial score (nSPS) is 23.6. The second-order valence-electron chi connectivity index (χ2n) is 8.52. The van der Waals surface area contributed by atoms with Gasteiger partial charge in [-0.05, 0) is 62.1 Å². The highest BCUT2D eigenvalue weighted by molar-refractivity contribution is 5.92. The van der Waals surface area contributed by atoms with Crippen molar-refractivity contribution in [3.63, 3.8) is 0 Å². The third-order valence-electron chi connectivity index (χ3n) is 6.20. The fourth-order valence-corrected chi connectivity index (χ4v) is 4.73. The molecule has 4 rings (SSSR count). The summed E-state index contributed by atoms with van der Waals surface area (Å²) in [5.74, 6) is 0.209. The van der Waals surface area contributed by atoms with Crippen LogP contribution in [0.2, 0.25) is 0 Å². The molecule has 3 heterocycles. The Morgan fingerprint density at radius 3 is 2.40 bits per heavy atom. The second-order valence-corrected chi connectivity index (χ2v) is 8.52. The SMILES string of the molecule is CN(C)c1ccc(NC(=O)CN2[C@H]3CCC[C@H]2CC(NC(=O)c2ccco2)C3)cc1. The Kier molecular flexibility index (Phi) is 6.08. The number of nitrogens with zero attached hydrogens (tertiary/aromatic N) is 2. The van der Waals surface area contributed by atoms with Crippen molar-refractivity contribution in [1.82, 2.24) is 10.2 Å². The molecule has 2 N–H and O–H groups in total. The van der Waals surface area contributed by atoms with Crippen molar-refractivity contribution < 1.29 is 14.0 Å². The largest absolute Gasteiger partial charge is 0.459 e. The quantitative estimate of drug-likeness (QED) is 0.765. The van der Waals surface area contributed by atoms with E-state index in [1.54, 1.807) is 12.1 Å². The molecule has 7 nitrogen and oxygen atoms in total. The molecule has 0 aliphatic carbocycles. The van der Waals surface area contributed by atoms with Crippen molar-refractivity contribution in [2.24, 2.45) is 0 Å². The molecule has 160 valence electrons. The first-order chi connectivity index (χ1) is 14.5. The molecule has 0 saturated carbocycles. The summed E-state index contributed by atoms with van der Waals surface area (Å²) in [6.07, 6.45) is 6.56. The number of nitrogens with one attached hydrogen (secondary N) is 2. The van der Waals surface area contributed by atoms with Crippen molar-refractivity contribution in [3.8, 4) is 0 Å². The van der Waals surface area contributed by atoms with Gasteiger partial charge in [0.25, 0.3) is 5.91 Å². The maximum Gasteiger partial charge on any atom is 0.287 e. The third kappa shape index (κ3) is 4.67. The number of hydrogen-bond acceptors (Lipinski definition) is 5. The van der Waals surface area contributed by atoms with Crippen molar-refractivity contribution >= 4 is 23.2 Å². The molecular weight excluding hydrogens is 380 g/mol. The van der Waals surface area contributed by atoms with Gasteiger partial charge >= 0.3 is 0 Å². The molecule has 2 amide bonds. The Hall–Kier alpha value is -2.80. The summed E-state index contributed by atoms with van der Waals surface area (Å²) in [7, 11) is 3.99. The maximum absolute atomic E-state index is 12.7. The molecule has 2 aliphatic heterocycles. The number of rotatable bonds is 6. The zero-order valence-corrected chi connectivity index (χ0v) is 17.6. The molecule has 1 aromatic heterocycles. The summed E-state index contributed by atoms with van der Waals surface area (Å²) in [5, 5.41) is 6.14. The van der Waals surface area contributed by atoms with Gasteiger partial charge in [-0.1, -0.05) is 6.42 Å². The summed E-state index contributed by atoms with van der Waals surface area (Å²) < 4.78 is 5.20. The maximum atomic E-state index is 12.7. The predicted molar refractivity (Wildman–Crippen MR) is 117 cm³/mol. The van der Waals surface area contributed by atoms with Crippen LogP contribution in [-0.4, -0.2) is 55.5 Å². The molecule has 2 aromatic rings. The van der Waals surface area contributed by atoms with Crippen LogP contribution in [0.4, 0.5) is 11.4 Å². The number of piperidine rings is 2. The van der Waals surface area contributed by atoms with Gasteiger partial charge < -0.3 is 20.0 Å². The van der Waals surface area contributed by atoms with Crippen LogP contribution in [0.25, 0.3) is 0 Å². The monoisotopic (exact) mass is 410 g/mol. The van der Waals surface area contributed by atoms with E-state index in [0.29, 0.717) is 24.4 Å². The van der Waals surface area contributed by atoms with E-state index in [1.807, 2.05) is 43.3 Å². The number of anilines is 2. The number of hydrogen-bond donors (Lipinski definition) is 2. The van der Waals surface area contributed by atoms with Crippen LogP contribution in [0.3, 0.4) is 0 Å². The van der Waals surface area contributed by atoms with Crippen LogP contribution in [0.5, 0.6) is 0 Å². The van der Waals surface area contributed by atoms with Crippen molar-refractivity contribution in [3.05, 3.63) is 48.4 Å². The zero-order valence-electron chi connectivity index (χ0n) is 17.6. The van der Waals surface area contributed by atoms with Gasteiger partial charge in [0, 0.05) is 43.6 Å². The van der Waals surface area contributed by atoms with Gasteiger partial charge in [-0.15, -0.1) is 0 Å². The minimum atomic E-state index is -0.157. The zero-order chi connectivity index (χ0) is 21.1. The summed E-state index contributed by atoms with van der Waals surface area (Å²) in [4.78, 5) is 29.4. The highest BCUT2D eigenvalue weighted by Crippen LogP contribution is 2.34. The molecule has 0 spiro atoms. The molecule has 1 aromatic carbocycles. The summed E-state index contributed by atoms with van der Waals surface area (Å²) in [6.45, 7) is 0.392. The lowest BCUT2D eigenvalue weighted by Crippen LogP contribution is -2.58. The average Bonchev–Trinajstić information content (AvgIpc) is 3.24. The Bertz CT molecular complexity index is 849. The Balaban J connectivity index is 1.33.